The van der Waals surface area contributed by atoms with E-state index in [1.54, 1.807) is 6.07 Å². The van der Waals surface area contributed by atoms with Crippen LogP contribution in [-0.2, 0) is 0 Å². The van der Waals surface area contributed by atoms with Crippen molar-refractivity contribution in [2.24, 2.45) is 5.10 Å². The van der Waals surface area contributed by atoms with E-state index in [4.69, 9.17) is 9.52 Å². The summed E-state index contributed by atoms with van der Waals surface area (Å²) in [5.74, 6) is -0.212. The lowest BCUT2D eigenvalue weighted by Gasteiger charge is -2.05. The summed E-state index contributed by atoms with van der Waals surface area (Å²) in [5.41, 5.74) is 7.08. The molecule has 3 rings (SSSR count). The Morgan fingerprint density at radius 2 is 1.73 bits per heavy atom. The Bertz CT molecular complexity index is 954. The van der Waals surface area contributed by atoms with E-state index in [9.17, 15) is 4.79 Å². The number of carboxylic acid groups (broad SMARTS) is 1. The fourth-order valence-electron chi connectivity index (χ4n) is 2.46. The van der Waals surface area contributed by atoms with Crippen LogP contribution in [0.5, 0.6) is 0 Å². The summed E-state index contributed by atoms with van der Waals surface area (Å²) in [6.07, 6.45) is 0. The second-order valence-electron chi connectivity index (χ2n) is 5.83. The summed E-state index contributed by atoms with van der Waals surface area (Å²) in [5, 5.41) is 13.2. The van der Waals surface area contributed by atoms with E-state index in [1.807, 2.05) is 51.1 Å². The summed E-state index contributed by atoms with van der Waals surface area (Å²) in [6.45, 7) is 5.68. The predicted octanol–water partition coefficient (Wildman–Crippen LogP) is 3.89. The average molecular weight is 350 g/mol. The Morgan fingerprint density at radius 1 is 1.08 bits per heavy atom. The van der Waals surface area contributed by atoms with Crippen LogP contribution in [0.4, 0.5) is 5.95 Å². The second kappa shape index (κ2) is 7.18. The fourth-order valence-corrected chi connectivity index (χ4v) is 2.46. The van der Waals surface area contributed by atoms with Gasteiger partial charge in [-0.2, -0.15) is 5.10 Å². The predicted molar refractivity (Wildman–Crippen MR) is 98.4 cm³/mol. The largest absolute Gasteiger partial charge is 0.475 e. The van der Waals surface area contributed by atoms with Gasteiger partial charge in [0.15, 0.2) is 0 Å². The smallest absolute Gasteiger partial charge is 0.371 e. The second-order valence-corrected chi connectivity index (χ2v) is 5.83. The lowest BCUT2D eigenvalue weighted by atomic mass is 10.1. The number of aromatic carboxylic acids is 1. The zero-order valence-electron chi connectivity index (χ0n) is 14.6. The molecule has 0 aliphatic carbocycles. The van der Waals surface area contributed by atoms with Gasteiger partial charge in [-0.15, -0.1) is 0 Å². The third kappa shape index (κ3) is 3.94. The number of hydrazone groups is 1. The molecule has 3 aromatic rings. The highest BCUT2D eigenvalue weighted by molar-refractivity contribution is 5.99. The van der Waals surface area contributed by atoms with E-state index in [-0.39, 0.29) is 5.76 Å². The Hall–Kier alpha value is -3.48. The minimum atomic E-state index is -1.09. The minimum absolute atomic E-state index is 0.0838. The van der Waals surface area contributed by atoms with Gasteiger partial charge in [-0.1, -0.05) is 24.3 Å². The van der Waals surface area contributed by atoms with Crippen LogP contribution >= 0.6 is 0 Å². The molecular formula is C19H18N4O3. The van der Waals surface area contributed by atoms with E-state index in [0.29, 0.717) is 11.7 Å². The van der Waals surface area contributed by atoms with E-state index < -0.39 is 5.97 Å². The van der Waals surface area contributed by atoms with Gasteiger partial charge in [-0.05, 0) is 44.5 Å². The van der Waals surface area contributed by atoms with Gasteiger partial charge >= 0.3 is 5.97 Å². The number of nitrogens with one attached hydrogen (secondary N) is 1. The van der Waals surface area contributed by atoms with E-state index >= 15 is 0 Å². The molecule has 0 amide bonds. The van der Waals surface area contributed by atoms with Crippen molar-refractivity contribution >= 4 is 17.6 Å². The molecule has 26 heavy (non-hydrogen) atoms. The highest BCUT2D eigenvalue weighted by Crippen LogP contribution is 2.22. The van der Waals surface area contributed by atoms with Gasteiger partial charge in [0.05, 0.1) is 5.71 Å². The standard InChI is InChI=1S/C19H18N4O3/c1-11-10-12(2)21-19(20-11)23-22-13(3)14-4-6-15(7-5-14)16-8-9-17(26-16)18(24)25/h4-10H,1-3H3,(H,24,25)(H,20,21,23)/b22-13-. The SMILES string of the molecule is C/C(=N/Nc1nc(C)cc(C)n1)c1ccc(-c2ccc(C(=O)O)o2)cc1. The van der Waals surface area contributed by atoms with Crippen LogP contribution in [0.15, 0.2) is 52.0 Å². The van der Waals surface area contributed by atoms with Gasteiger partial charge in [0.1, 0.15) is 5.76 Å². The molecule has 0 radical (unpaired) electrons. The molecule has 1 aromatic carbocycles. The molecule has 0 saturated heterocycles. The number of anilines is 1. The summed E-state index contributed by atoms with van der Waals surface area (Å²) in [6, 6.07) is 12.5. The molecule has 0 bridgehead atoms. The third-order valence-electron chi connectivity index (χ3n) is 3.71. The summed E-state index contributed by atoms with van der Waals surface area (Å²) in [7, 11) is 0. The molecule has 2 aromatic heterocycles. The molecule has 0 fully saturated rings. The fraction of sp³-hybridized carbons (Fsp3) is 0.158. The number of rotatable bonds is 5. The van der Waals surface area contributed by atoms with Crippen LogP contribution < -0.4 is 5.43 Å². The van der Waals surface area contributed by atoms with Crippen LogP contribution in [0.3, 0.4) is 0 Å². The molecular weight excluding hydrogens is 332 g/mol. The Balaban J connectivity index is 1.75. The highest BCUT2D eigenvalue weighted by atomic mass is 16.4. The quantitative estimate of drug-likeness (QED) is 0.535. The summed E-state index contributed by atoms with van der Waals surface area (Å²) in [4.78, 5) is 19.5. The molecule has 7 nitrogen and oxygen atoms in total. The van der Waals surface area contributed by atoms with Crippen molar-refractivity contribution in [3.05, 3.63) is 65.2 Å². The van der Waals surface area contributed by atoms with Crippen molar-refractivity contribution < 1.29 is 14.3 Å². The molecule has 2 heterocycles. The van der Waals surface area contributed by atoms with Gasteiger partial charge in [-0.3, -0.25) is 0 Å². The van der Waals surface area contributed by atoms with Crippen molar-refractivity contribution in [3.8, 4) is 11.3 Å². The first-order valence-corrected chi connectivity index (χ1v) is 7.99. The molecule has 132 valence electrons. The number of benzene rings is 1. The monoisotopic (exact) mass is 350 g/mol. The van der Waals surface area contributed by atoms with E-state index in [0.717, 1.165) is 28.2 Å². The number of nitrogens with zero attached hydrogens (tertiary/aromatic N) is 3. The molecule has 0 aliphatic rings. The molecule has 0 spiro atoms. The van der Waals surface area contributed by atoms with Gasteiger partial charge in [-0.25, -0.2) is 20.2 Å². The Labute approximate surface area is 150 Å². The molecule has 0 aliphatic heterocycles. The number of carbonyl (C=O) groups is 1. The lowest BCUT2D eigenvalue weighted by molar-refractivity contribution is 0.0663. The zero-order valence-corrected chi connectivity index (χ0v) is 14.6. The number of hydrogen-bond donors (Lipinski definition) is 2. The minimum Gasteiger partial charge on any atom is -0.475 e. The first kappa shape index (κ1) is 17.3. The van der Waals surface area contributed by atoms with Crippen molar-refractivity contribution in [1.82, 2.24) is 9.97 Å². The first-order valence-electron chi connectivity index (χ1n) is 7.99. The number of aryl methyl sites for hydroxylation is 2. The lowest BCUT2D eigenvalue weighted by Crippen LogP contribution is -2.03. The van der Waals surface area contributed by atoms with E-state index in [1.165, 1.54) is 6.07 Å². The summed E-state index contributed by atoms with van der Waals surface area (Å²) < 4.78 is 5.30. The van der Waals surface area contributed by atoms with Crippen LogP contribution in [0, 0.1) is 13.8 Å². The average Bonchev–Trinajstić information content (AvgIpc) is 3.09. The van der Waals surface area contributed by atoms with Gasteiger partial charge in [0.2, 0.25) is 11.7 Å². The number of hydrogen-bond acceptors (Lipinski definition) is 6. The van der Waals surface area contributed by atoms with Crippen molar-refractivity contribution in [3.63, 3.8) is 0 Å². The number of carboxylic acids is 1. The third-order valence-corrected chi connectivity index (χ3v) is 3.71. The first-order chi connectivity index (χ1) is 12.4. The topological polar surface area (TPSA) is 101 Å². The zero-order chi connectivity index (χ0) is 18.7. The number of aromatic nitrogens is 2. The van der Waals surface area contributed by atoms with Crippen LogP contribution in [-0.4, -0.2) is 26.8 Å². The van der Waals surface area contributed by atoms with Crippen LogP contribution in [0.1, 0.15) is 34.4 Å². The normalized spacial score (nSPS) is 11.4. The van der Waals surface area contributed by atoms with Crippen molar-refractivity contribution in [1.29, 1.82) is 0 Å². The van der Waals surface area contributed by atoms with Crippen molar-refractivity contribution in [2.45, 2.75) is 20.8 Å². The molecule has 2 N–H and O–H groups in total. The maximum atomic E-state index is 10.9. The maximum Gasteiger partial charge on any atom is 0.371 e. The maximum absolute atomic E-state index is 10.9. The summed E-state index contributed by atoms with van der Waals surface area (Å²) >= 11 is 0. The molecule has 0 saturated carbocycles. The van der Waals surface area contributed by atoms with Gasteiger partial charge in [0, 0.05) is 17.0 Å². The van der Waals surface area contributed by atoms with Crippen LogP contribution in [0.2, 0.25) is 0 Å². The van der Waals surface area contributed by atoms with E-state index in [2.05, 4.69) is 20.5 Å². The highest BCUT2D eigenvalue weighted by Gasteiger charge is 2.10. The molecule has 0 unspecified atom stereocenters. The van der Waals surface area contributed by atoms with Gasteiger partial charge < -0.3 is 9.52 Å². The van der Waals surface area contributed by atoms with Crippen molar-refractivity contribution in [2.75, 3.05) is 5.43 Å². The molecule has 7 heteroatoms. The number of furan rings is 1. The van der Waals surface area contributed by atoms with Gasteiger partial charge in [0.25, 0.3) is 0 Å². The molecule has 0 atom stereocenters. The van der Waals surface area contributed by atoms with Crippen LogP contribution in [0.25, 0.3) is 11.3 Å². The Morgan fingerprint density at radius 3 is 2.31 bits per heavy atom. The Kier molecular flexibility index (Phi) is 4.79.